The van der Waals surface area contributed by atoms with Crippen LogP contribution in [0.5, 0.6) is 0 Å². The van der Waals surface area contributed by atoms with E-state index in [1.165, 1.54) is 0 Å². The summed E-state index contributed by atoms with van der Waals surface area (Å²) in [6, 6.07) is 0. The van der Waals surface area contributed by atoms with Gasteiger partial charge in [-0.05, 0) is 12.8 Å². The molecule has 110 valence electrons. The molecule has 1 aliphatic heterocycles. The van der Waals surface area contributed by atoms with Crippen LogP contribution in [0, 0.1) is 11.3 Å². The zero-order chi connectivity index (χ0) is 14.6. The van der Waals surface area contributed by atoms with E-state index < -0.39 is 5.41 Å². The zero-order valence-electron chi connectivity index (χ0n) is 12.6. The second-order valence-corrected chi connectivity index (χ2v) is 5.80. The predicted molar refractivity (Wildman–Crippen MR) is 71.6 cm³/mol. The Labute approximate surface area is 115 Å². The maximum atomic E-state index is 12.2. The van der Waals surface area contributed by atoms with Gasteiger partial charge in [-0.2, -0.15) is 0 Å². The SMILES string of the molecule is CCC(C)(CC(C)C(=O)OCC1CO1)C(=O)N(C)C. The molecule has 3 unspecified atom stereocenters. The second-order valence-electron chi connectivity index (χ2n) is 5.80. The van der Waals surface area contributed by atoms with E-state index in [-0.39, 0.29) is 23.9 Å². The summed E-state index contributed by atoms with van der Waals surface area (Å²) in [6.45, 7) is 6.69. The van der Waals surface area contributed by atoms with Gasteiger partial charge in [0.05, 0.1) is 12.5 Å². The first kappa shape index (κ1) is 16.0. The lowest BCUT2D eigenvalue weighted by molar-refractivity contribution is -0.151. The van der Waals surface area contributed by atoms with Gasteiger partial charge in [0.25, 0.3) is 0 Å². The highest BCUT2D eigenvalue weighted by Crippen LogP contribution is 2.32. The number of carbonyl (C=O) groups excluding carboxylic acids is 2. The first-order chi connectivity index (χ1) is 8.80. The quantitative estimate of drug-likeness (QED) is 0.519. The summed E-state index contributed by atoms with van der Waals surface area (Å²) in [5, 5.41) is 0. The molecule has 1 aliphatic rings. The summed E-state index contributed by atoms with van der Waals surface area (Å²) < 4.78 is 10.2. The Balaban J connectivity index is 2.52. The number of hydrogen-bond acceptors (Lipinski definition) is 4. The molecule has 0 saturated carbocycles. The van der Waals surface area contributed by atoms with Crippen molar-refractivity contribution in [3.8, 4) is 0 Å². The lowest BCUT2D eigenvalue weighted by atomic mass is 9.78. The third-order valence-corrected chi connectivity index (χ3v) is 3.68. The van der Waals surface area contributed by atoms with Gasteiger partial charge in [-0.25, -0.2) is 0 Å². The molecular weight excluding hydrogens is 246 g/mol. The molecule has 0 N–H and O–H groups in total. The van der Waals surface area contributed by atoms with Gasteiger partial charge in [-0.1, -0.05) is 20.8 Å². The van der Waals surface area contributed by atoms with Crippen LogP contribution in [0.15, 0.2) is 0 Å². The highest BCUT2D eigenvalue weighted by atomic mass is 16.6. The van der Waals surface area contributed by atoms with Crippen LogP contribution >= 0.6 is 0 Å². The molecule has 3 atom stereocenters. The van der Waals surface area contributed by atoms with Crippen LogP contribution in [0.2, 0.25) is 0 Å². The molecule has 0 aliphatic carbocycles. The highest BCUT2D eigenvalue weighted by Gasteiger charge is 2.36. The van der Waals surface area contributed by atoms with E-state index in [9.17, 15) is 9.59 Å². The van der Waals surface area contributed by atoms with Crippen LogP contribution in [-0.2, 0) is 19.1 Å². The number of ether oxygens (including phenoxy) is 2. The average molecular weight is 271 g/mol. The lowest BCUT2D eigenvalue weighted by Crippen LogP contribution is -2.40. The van der Waals surface area contributed by atoms with Crippen LogP contribution in [0.25, 0.3) is 0 Å². The minimum Gasteiger partial charge on any atom is -0.463 e. The number of epoxide rings is 1. The van der Waals surface area contributed by atoms with E-state index in [1.807, 2.05) is 20.8 Å². The number of rotatable bonds is 7. The Hall–Kier alpha value is -1.10. The van der Waals surface area contributed by atoms with E-state index in [0.717, 1.165) is 0 Å². The van der Waals surface area contributed by atoms with Crippen molar-refractivity contribution in [1.29, 1.82) is 0 Å². The van der Waals surface area contributed by atoms with Gasteiger partial charge in [0.1, 0.15) is 12.7 Å². The molecule has 0 aromatic carbocycles. The summed E-state index contributed by atoms with van der Waals surface area (Å²) in [5.41, 5.74) is -0.516. The van der Waals surface area contributed by atoms with E-state index in [1.54, 1.807) is 19.0 Å². The average Bonchev–Trinajstić information content (AvgIpc) is 3.18. The third kappa shape index (κ3) is 4.49. The van der Waals surface area contributed by atoms with Gasteiger partial charge in [0, 0.05) is 19.5 Å². The number of esters is 1. The van der Waals surface area contributed by atoms with Crippen LogP contribution < -0.4 is 0 Å². The van der Waals surface area contributed by atoms with E-state index in [2.05, 4.69) is 0 Å². The van der Waals surface area contributed by atoms with Crippen molar-refractivity contribution in [1.82, 2.24) is 4.90 Å². The largest absolute Gasteiger partial charge is 0.463 e. The van der Waals surface area contributed by atoms with Crippen molar-refractivity contribution in [2.75, 3.05) is 27.3 Å². The van der Waals surface area contributed by atoms with Crippen LogP contribution in [0.1, 0.15) is 33.6 Å². The van der Waals surface area contributed by atoms with E-state index >= 15 is 0 Å². The maximum absolute atomic E-state index is 12.2. The number of nitrogens with zero attached hydrogens (tertiary/aromatic N) is 1. The lowest BCUT2D eigenvalue weighted by Gasteiger charge is -2.31. The molecule has 0 bridgehead atoms. The van der Waals surface area contributed by atoms with Crippen molar-refractivity contribution in [2.24, 2.45) is 11.3 Å². The fourth-order valence-electron chi connectivity index (χ4n) is 2.16. The minimum atomic E-state index is -0.516. The Morgan fingerprint density at radius 3 is 2.47 bits per heavy atom. The molecule has 1 rings (SSSR count). The molecule has 1 amide bonds. The van der Waals surface area contributed by atoms with Gasteiger partial charge in [0.15, 0.2) is 0 Å². The van der Waals surface area contributed by atoms with Gasteiger partial charge in [-0.3, -0.25) is 9.59 Å². The molecule has 1 saturated heterocycles. The molecular formula is C14H25NO4. The van der Waals surface area contributed by atoms with Crippen molar-refractivity contribution >= 4 is 11.9 Å². The van der Waals surface area contributed by atoms with Gasteiger partial charge in [-0.15, -0.1) is 0 Å². The molecule has 19 heavy (non-hydrogen) atoms. The molecule has 1 heterocycles. The van der Waals surface area contributed by atoms with Crippen LogP contribution in [-0.4, -0.2) is 50.2 Å². The van der Waals surface area contributed by atoms with Crippen LogP contribution in [0.3, 0.4) is 0 Å². The van der Waals surface area contributed by atoms with Gasteiger partial charge in [0.2, 0.25) is 5.91 Å². The van der Waals surface area contributed by atoms with Crippen molar-refractivity contribution < 1.29 is 19.1 Å². The van der Waals surface area contributed by atoms with Gasteiger partial charge >= 0.3 is 5.97 Å². The summed E-state index contributed by atoms with van der Waals surface area (Å²) >= 11 is 0. The Morgan fingerprint density at radius 2 is 2.05 bits per heavy atom. The third-order valence-electron chi connectivity index (χ3n) is 3.68. The summed E-state index contributed by atoms with van der Waals surface area (Å²) in [4.78, 5) is 25.6. The van der Waals surface area contributed by atoms with Crippen LogP contribution in [0.4, 0.5) is 0 Å². The molecule has 0 aromatic rings. The van der Waals surface area contributed by atoms with Gasteiger partial charge < -0.3 is 14.4 Å². The predicted octanol–water partition coefficient (Wildman–Crippen LogP) is 1.46. The van der Waals surface area contributed by atoms with E-state index in [4.69, 9.17) is 9.47 Å². The van der Waals surface area contributed by atoms with Crippen molar-refractivity contribution in [3.05, 3.63) is 0 Å². The minimum absolute atomic E-state index is 0.0557. The van der Waals surface area contributed by atoms with E-state index in [0.29, 0.717) is 26.1 Å². The standard InChI is InChI=1S/C14H25NO4/c1-6-14(3,13(17)15(4)5)7-10(2)12(16)19-9-11-8-18-11/h10-11H,6-9H2,1-5H3. The molecule has 5 heteroatoms. The molecule has 0 aromatic heterocycles. The molecule has 1 fully saturated rings. The molecule has 0 spiro atoms. The summed E-state index contributed by atoms with van der Waals surface area (Å²) in [5.74, 6) is -0.477. The second kappa shape index (κ2) is 6.37. The monoisotopic (exact) mass is 271 g/mol. The Morgan fingerprint density at radius 1 is 1.47 bits per heavy atom. The zero-order valence-corrected chi connectivity index (χ0v) is 12.6. The fraction of sp³-hybridized carbons (Fsp3) is 0.857. The fourth-order valence-corrected chi connectivity index (χ4v) is 2.16. The first-order valence-electron chi connectivity index (χ1n) is 6.80. The number of hydrogen-bond donors (Lipinski definition) is 0. The van der Waals surface area contributed by atoms with Crippen molar-refractivity contribution in [2.45, 2.75) is 39.7 Å². The Bertz CT molecular complexity index is 338. The maximum Gasteiger partial charge on any atom is 0.308 e. The molecule has 0 radical (unpaired) electrons. The molecule has 5 nitrogen and oxygen atoms in total. The topological polar surface area (TPSA) is 59.1 Å². The number of amides is 1. The first-order valence-corrected chi connectivity index (χ1v) is 6.80. The normalized spacial score (nSPS) is 22.3. The highest BCUT2D eigenvalue weighted by molar-refractivity contribution is 5.83. The van der Waals surface area contributed by atoms with Crippen molar-refractivity contribution in [3.63, 3.8) is 0 Å². The smallest absolute Gasteiger partial charge is 0.308 e. The summed E-state index contributed by atoms with van der Waals surface area (Å²) in [7, 11) is 3.48. The Kier molecular flexibility index (Phi) is 5.35. The number of carbonyl (C=O) groups is 2. The summed E-state index contributed by atoms with van der Waals surface area (Å²) in [6.07, 6.45) is 1.29.